The highest BCUT2D eigenvalue weighted by molar-refractivity contribution is 6.12. The Labute approximate surface area is 293 Å². The maximum atomic E-state index is 6.36. The lowest BCUT2D eigenvalue weighted by molar-refractivity contribution is 0.668. The van der Waals surface area contributed by atoms with Crippen LogP contribution in [0.15, 0.2) is 185 Å². The molecule has 51 heavy (non-hydrogen) atoms. The first-order chi connectivity index (χ1) is 25.2. The zero-order valence-corrected chi connectivity index (χ0v) is 27.5. The molecule has 0 saturated carbocycles. The Balaban J connectivity index is 1.00. The number of para-hydroxylation sites is 3. The lowest BCUT2D eigenvalue weighted by atomic mass is 9.96. The minimum atomic E-state index is 0.890. The summed E-state index contributed by atoms with van der Waals surface area (Å²) >= 11 is 0. The Hall–Kier alpha value is -6.84. The highest BCUT2D eigenvalue weighted by atomic mass is 16.3. The monoisotopic (exact) mass is 651 g/mol. The van der Waals surface area contributed by atoms with Crippen molar-refractivity contribution in [2.75, 3.05) is 0 Å². The molecule has 3 heteroatoms. The van der Waals surface area contributed by atoms with Crippen molar-refractivity contribution >= 4 is 65.7 Å². The molecule has 0 N–H and O–H groups in total. The zero-order chi connectivity index (χ0) is 33.5. The molecule has 8 aromatic carbocycles. The maximum Gasteiger partial charge on any atom is 0.135 e. The second-order valence-electron chi connectivity index (χ2n) is 13.3. The molecule has 0 aliphatic carbocycles. The Bertz CT molecular complexity index is 3140. The van der Waals surface area contributed by atoms with Gasteiger partial charge in [0.25, 0.3) is 0 Å². The summed E-state index contributed by atoms with van der Waals surface area (Å²) in [5.41, 5.74) is 14.2. The third-order valence-electron chi connectivity index (χ3n) is 10.4. The van der Waals surface area contributed by atoms with Gasteiger partial charge in [-0.15, -0.1) is 0 Å². The molecule has 3 heterocycles. The molecule has 0 aliphatic rings. The number of furan rings is 2. The van der Waals surface area contributed by atoms with Crippen molar-refractivity contribution in [2.24, 2.45) is 0 Å². The van der Waals surface area contributed by atoms with Crippen molar-refractivity contribution < 1.29 is 8.83 Å². The van der Waals surface area contributed by atoms with Crippen molar-refractivity contribution in [3.63, 3.8) is 0 Å². The van der Waals surface area contributed by atoms with E-state index in [1.54, 1.807) is 0 Å². The van der Waals surface area contributed by atoms with Gasteiger partial charge in [0.1, 0.15) is 22.3 Å². The summed E-state index contributed by atoms with van der Waals surface area (Å²) in [6, 6.07) is 62.7. The fourth-order valence-corrected chi connectivity index (χ4v) is 7.93. The van der Waals surface area contributed by atoms with Gasteiger partial charge in [0.2, 0.25) is 0 Å². The summed E-state index contributed by atoms with van der Waals surface area (Å²) in [5.74, 6) is 0. The fraction of sp³-hybridized carbons (Fsp3) is 0. The standard InChI is InChI=1S/C48H29NO2/c1-2-11-36(12-3-1)49-43-15-6-4-13-37(43)39-26-32(17-21-44(39)49)35-20-24-48-42(29-35)41-28-34(19-23-47(41)51-48)31-10-8-9-30(25-31)33-18-22-46-40(27-33)38-14-5-7-16-45(38)50-46/h1-29H. The molecule has 11 aromatic rings. The fourth-order valence-electron chi connectivity index (χ4n) is 7.93. The molecule has 0 atom stereocenters. The van der Waals surface area contributed by atoms with E-state index in [9.17, 15) is 0 Å². The highest BCUT2D eigenvalue weighted by Gasteiger charge is 2.15. The van der Waals surface area contributed by atoms with E-state index < -0.39 is 0 Å². The largest absolute Gasteiger partial charge is 0.456 e. The van der Waals surface area contributed by atoms with E-state index in [4.69, 9.17) is 8.83 Å². The summed E-state index contributed by atoms with van der Waals surface area (Å²) < 4.78 is 14.8. The van der Waals surface area contributed by atoms with Gasteiger partial charge < -0.3 is 13.4 Å². The number of aromatic nitrogens is 1. The Morgan fingerprint density at radius 2 is 0.725 bits per heavy atom. The molecule has 0 saturated heterocycles. The van der Waals surface area contributed by atoms with E-state index >= 15 is 0 Å². The second kappa shape index (κ2) is 10.8. The minimum Gasteiger partial charge on any atom is -0.456 e. The molecule has 238 valence electrons. The van der Waals surface area contributed by atoms with Gasteiger partial charge in [0.05, 0.1) is 11.0 Å². The summed E-state index contributed by atoms with van der Waals surface area (Å²) in [5, 5.41) is 6.99. The van der Waals surface area contributed by atoms with Gasteiger partial charge in [0, 0.05) is 38.0 Å². The van der Waals surface area contributed by atoms with Crippen LogP contribution in [0.4, 0.5) is 0 Å². The van der Waals surface area contributed by atoms with Crippen LogP contribution in [0.25, 0.3) is 105 Å². The van der Waals surface area contributed by atoms with E-state index in [2.05, 4.69) is 168 Å². The van der Waals surface area contributed by atoms with Crippen molar-refractivity contribution in [2.45, 2.75) is 0 Å². The van der Waals surface area contributed by atoms with Crippen molar-refractivity contribution in [3.8, 4) is 39.1 Å². The third kappa shape index (κ3) is 4.38. The van der Waals surface area contributed by atoms with Gasteiger partial charge in [0.15, 0.2) is 0 Å². The molecule has 3 nitrogen and oxygen atoms in total. The molecule has 3 aromatic heterocycles. The quantitative estimate of drug-likeness (QED) is 0.190. The van der Waals surface area contributed by atoms with Crippen LogP contribution in [-0.2, 0) is 0 Å². The number of benzene rings is 8. The van der Waals surface area contributed by atoms with E-state index in [-0.39, 0.29) is 0 Å². The van der Waals surface area contributed by atoms with E-state index in [1.807, 2.05) is 12.1 Å². The molecule has 0 bridgehead atoms. The Morgan fingerprint density at radius 3 is 1.37 bits per heavy atom. The second-order valence-corrected chi connectivity index (χ2v) is 13.3. The van der Waals surface area contributed by atoms with Crippen LogP contribution in [-0.4, -0.2) is 4.57 Å². The normalized spacial score (nSPS) is 11.9. The first kappa shape index (κ1) is 28.0. The van der Waals surface area contributed by atoms with Crippen molar-refractivity contribution in [3.05, 3.63) is 176 Å². The van der Waals surface area contributed by atoms with Crippen LogP contribution >= 0.6 is 0 Å². The van der Waals surface area contributed by atoms with Crippen LogP contribution in [0.2, 0.25) is 0 Å². The number of hydrogen-bond donors (Lipinski definition) is 0. The molecule has 0 radical (unpaired) electrons. The van der Waals surface area contributed by atoms with Gasteiger partial charge in [-0.3, -0.25) is 0 Å². The van der Waals surface area contributed by atoms with Crippen LogP contribution in [0, 0.1) is 0 Å². The number of fused-ring (bicyclic) bond motifs is 9. The van der Waals surface area contributed by atoms with Crippen LogP contribution < -0.4 is 0 Å². The summed E-state index contributed by atoms with van der Waals surface area (Å²) in [6.45, 7) is 0. The highest BCUT2D eigenvalue weighted by Crippen LogP contribution is 2.39. The topological polar surface area (TPSA) is 31.2 Å². The van der Waals surface area contributed by atoms with Crippen molar-refractivity contribution in [1.82, 2.24) is 4.57 Å². The minimum absolute atomic E-state index is 0.890. The lowest BCUT2D eigenvalue weighted by Crippen LogP contribution is -1.92. The summed E-state index contributed by atoms with van der Waals surface area (Å²) in [4.78, 5) is 0. The zero-order valence-electron chi connectivity index (χ0n) is 27.5. The molecule has 0 spiro atoms. The molecule has 0 fully saturated rings. The van der Waals surface area contributed by atoms with E-state index in [0.29, 0.717) is 0 Å². The van der Waals surface area contributed by atoms with Crippen molar-refractivity contribution in [1.29, 1.82) is 0 Å². The SMILES string of the molecule is c1ccc(-n2c3ccccc3c3cc(-c4ccc5oc6ccc(-c7cccc(-c8ccc9oc%10ccccc%10c9c8)c7)cc6c5c4)ccc32)cc1. The molecule has 0 aliphatic heterocycles. The van der Waals surface area contributed by atoms with Gasteiger partial charge >= 0.3 is 0 Å². The lowest BCUT2D eigenvalue weighted by Gasteiger charge is -2.08. The first-order valence-corrected chi connectivity index (χ1v) is 17.3. The van der Waals surface area contributed by atoms with Gasteiger partial charge in [-0.05, 0) is 112 Å². The molecular formula is C48H29NO2. The number of hydrogen-bond acceptors (Lipinski definition) is 2. The third-order valence-corrected chi connectivity index (χ3v) is 10.4. The number of nitrogens with zero attached hydrogens (tertiary/aromatic N) is 1. The smallest absolute Gasteiger partial charge is 0.135 e. The van der Waals surface area contributed by atoms with Gasteiger partial charge in [-0.25, -0.2) is 0 Å². The van der Waals surface area contributed by atoms with Crippen LogP contribution in [0.5, 0.6) is 0 Å². The van der Waals surface area contributed by atoms with Crippen LogP contribution in [0.1, 0.15) is 0 Å². The predicted molar refractivity (Wildman–Crippen MR) is 212 cm³/mol. The Morgan fingerprint density at radius 1 is 0.275 bits per heavy atom. The van der Waals surface area contributed by atoms with Crippen LogP contribution in [0.3, 0.4) is 0 Å². The summed E-state index contributed by atoms with van der Waals surface area (Å²) in [7, 11) is 0. The molecular weight excluding hydrogens is 623 g/mol. The molecule has 0 amide bonds. The summed E-state index contributed by atoms with van der Waals surface area (Å²) in [6.07, 6.45) is 0. The molecule has 11 rings (SSSR count). The average molecular weight is 652 g/mol. The molecule has 0 unspecified atom stereocenters. The first-order valence-electron chi connectivity index (χ1n) is 17.3. The predicted octanol–water partition coefficient (Wildman–Crippen LogP) is 13.6. The van der Waals surface area contributed by atoms with E-state index in [0.717, 1.165) is 60.7 Å². The van der Waals surface area contributed by atoms with E-state index in [1.165, 1.54) is 44.1 Å². The maximum absolute atomic E-state index is 6.36. The Kier molecular flexibility index (Phi) is 5.96. The number of rotatable bonds is 4. The van der Waals surface area contributed by atoms with Gasteiger partial charge in [-0.1, -0.05) is 97.1 Å². The average Bonchev–Trinajstić information content (AvgIpc) is 3.86. The van der Waals surface area contributed by atoms with Gasteiger partial charge in [-0.2, -0.15) is 0 Å².